The number of carbonyl (C=O) groups is 2. The molecule has 2 amide bonds. The van der Waals surface area contributed by atoms with Crippen molar-refractivity contribution in [3.63, 3.8) is 0 Å². The van der Waals surface area contributed by atoms with E-state index in [1.165, 1.54) is 17.7 Å². The molecular weight excluding hydrogens is 393 g/mol. The standard InChI is InChI=1S/C25H30FN3O2/c26-22-12-10-21(11-13-22)18-29-17-16-27-14-5-15-28(19-23(27)25(29)31)24(30)9-4-8-20-6-2-1-3-7-20/h1-3,6-7,10-13,23H,4-5,8-9,14-19H2. The van der Waals surface area contributed by atoms with Gasteiger partial charge < -0.3 is 9.80 Å². The largest absolute Gasteiger partial charge is 0.341 e. The molecule has 2 heterocycles. The van der Waals surface area contributed by atoms with E-state index in [1.54, 1.807) is 12.1 Å². The van der Waals surface area contributed by atoms with Crippen LogP contribution in [0, 0.1) is 5.82 Å². The van der Waals surface area contributed by atoms with E-state index < -0.39 is 0 Å². The second kappa shape index (κ2) is 10.1. The summed E-state index contributed by atoms with van der Waals surface area (Å²) in [6.45, 7) is 3.97. The molecule has 0 N–H and O–H groups in total. The molecule has 2 aromatic rings. The topological polar surface area (TPSA) is 43.9 Å². The number of carbonyl (C=O) groups excluding carboxylic acids is 2. The number of benzene rings is 2. The molecule has 0 spiro atoms. The molecule has 0 radical (unpaired) electrons. The van der Waals surface area contributed by atoms with Crippen LogP contribution < -0.4 is 0 Å². The van der Waals surface area contributed by atoms with E-state index in [1.807, 2.05) is 28.0 Å². The molecule has 2 fully saturated rings. The lowest BCUT2D eigenvalue weighted by atomic mass is 10.1. The van der Waals surface area contributed by atoms with Gasteiger partial charge in [0.05, 0.1) is 0 Å². The van der Waals surface area contributed by atoms with Crippen molar-refractivity contribution in [2.75, 3.05) is 32.7 Å². The lowest BCUT2D eigenvalue weighted by Gasteiger charge is -2.40. The van der Waals surface area contributed by atoms with Gasteiger partial charge in [-0.2, -0.15) is 0 Å². The number of hydrogen-bond acceptors (Lipinski definition) is 3. The summed E-state index contributed by atoms with van der Waals surface area (Å²) in [5, 5.41) is 0. The molecule has 0 aromatic heterocycles. The summed E-state index contributed by atoms with van der Waals surface area (Å²) >= 11 is 0. The number of rotatable bonds is 6. The van der Waals surface area contributed by atoms with Crippen molar-refractivity contribution in [2.24, 2.45) is 0 Å². The molecule has 1 unspecified atom stereocenters. The molecule has 5 nitrogen and oxygen atoms in total. The van der Waals surface area contributed by atoms with Crippen LogP contribution in [-0.2, 0) is 22.6 Å². The third kappa shape index (κ3) is 5.50. The summed E-state index contributed by atoms with van der Waals surface area (Å²) in [7, 11) is 0. The highest BCUT2D eigenvalue weighted by atomic mass is 19.1. The lowest BCUT2D eigenvalue weighted by Crippen LogP contribution is -2.59. The first-order valence-electron chi connectivity index (χ1n) is 11.2. The Labute approximate surface area is 183 Å². The summed E-state index contributed by atoms with van der Waals surface area (Å²) < 4.78 is 13.2. The minimum absolute atomic E-state index is 0.0690. The van der Waals surface area contributed by atoms with Gasteiger partial charge in [-0.05, 0) is 42.5 Å². The molecule has 2 aromatic carbocycles. The van der Waals surface area contributed by atoms with Crippen LogP contribution in [0.1, 0.15) is 30.4 Å². The first kappa shape index (κ1) is 21.5. The summed E-state index contributed by atoms with van der Waals surface area (Å²) in [5.41, 5.74) is 2.17. The van der Waals surface area contributed by atoms with Crippen LogP contribution in [-0.4, -0.2) is 65.3 Å². The number of piperazine rings is 1. The van der Waals surface area contributed by atoms with Crippen molar-refractivity contribution in [3.8, 4) is 0 Å². The summed E-state index contributed by atoms with van der Waals surface area (Å²) in [5.74, 6) is -0.0640. The SMILES string of the molecule is O=C(CCCc1ccccc1)N1CCCN2CCN(Cc3ccc(F)cc3)C(=O)C2C1. The van der Waals surface area contributed by atoms with Gasteiger partial charge in [0.15, 0.2) is 0 Å². The Balaban J connectivity index is 1.34. The monoisotopic (exact) mass is 423 g/mol. The van der Waals surface area contributed by atoms with Gasteiger partial charge in [0.2, 0.25) is 11.8 Å². The second-order valence-corrected chi connectivity index (χ2v) is 8.47. The molecule has 4 rings (SSSR count). The molecule has 2 saturated heterocycles. The van der Waals surface area contributed by atoms with Crippen LogP contribution in [0.4, 0.5) is 4.39 Å². The predicted octanol–water partition coefficient (Wildman–Crippen LogP) is 3.09. The quantitative estimate of drug-likeness (QED) is 0.717. The maximum absolute atomic E-state index is 13.2. The van der Waals surface area contributed by atoms with Crippen LogP contribution in [0.25, 0.3) is 0 Å². The molecular formula is C25H30FN3O2. The Hall–Kier alpha value is -2.73. The number of aryl methyl sites for hydroxylation is 1. The Kier molecular flexibility index (Phi) is 6.97. The highest BCUT2D eigenvalue weighted by Gasteiger charge is 2.38. The van der Waals surface area contributed by atoms with Crippen LogP contribution in [0.5, 0.6) is 0 Å². The van der Waals surface area contributed by atoms with E-state index in [4.69, 9.17) is 0 Å². The van der Waals surface area contributed by atoms with Crippen molar-refractivity contribution in [1.82, 2.24) is 14.7 Å². The summed E-state index contributed by atoms with van der Waals surface area (Å²) in [4.78, 5) is 32.0. The first-order chi connectivity index (χ1) is 15.1. The minimum Gasteiger partial charge on any atom is -0.341 e. The van der Waals surface area contributed by atoms with E-state index >= 15 is 0 Å². The van der Waals surface area contributed by atoms with E-state index in [9.17, 15) is 14.0 Å². The van der Waals surface area contributed by atoms with Crippen molar-refractivity contribution in [3.05, 3.63) is 71.5 Å². The van der Waals surface area contributed by atoms with Crippen LogP contribution >= 0.6 is 0 Å². The molecule has 0 saturated carbocycles. The number of halogens is 1. The Bertz CT molecular complexity index is 887. The molecule has 164 valence electrons. The van der Waals surface area contributed by atoms with Crippen molar-refractivity contribution in [1.29, 1.82) is 0 Å². The normalized spacial score (nSPS) is 19.8. The zero-order valence-electron chi connectivity index (χ0n) is 17.9. The Morgan fingerprint density at radius 2 is 1.71 bits per heavy atom. The number of fused-ring (bicyclic) bond motifs is 1. The fourth-order valence-electron chi connectivity index (χ4n) is 4.55. The van der Waals surface area contributed by atoms with Crippen LogP contribution in [0.2, 0.25) is 0 Å². The second-order valence-electron chi connectivity index (χ2n) is 8.47. The van der Waals surface area contributed by atoms with Crippen molar-refractivity contribution >= 4 is 11.8 Å². The third-order valence-electron chi connectivity index (χ3n) is 6.30. The highest BCUT2D eigenvalue weighted by molar-refractivity contribution is 5.84. The zero-order valence-corrected chi connectivity index (χ0v) is 17.9. The maximum Gasteiger partial charge on any atom is 0.242 e. The maximum atomic E-state index is 13.2. The molecule has 1 atom stereocenters. The van der Waals surface area contributed by atoms with E-state index in [2.05, 4.69) is 17.0 Å². The first-order valence-corrected chi connectivity index (χ1v) is 11.2. The van der Waals surface area contributed by atoms with Crippen molar-refractivity contribution in [2.45, 2.75) is 38.3 Å². The van der Waals surface area contributed by atoms with Crippen LogP contribution in [0.15, 0.2) is 54.6 Å². The fourth-order valence-corrected chi connectivity index (χ4v) is 4.55. The van der Waals surface area contributed by atoms with Gasteiger partial charge in [-0.3, -0.25) is 14.5 Å². The highest BCUT2D eigenvalue weighted by Crippen LogP contribution is 2.20. The average molecular weight is 424 g/mol. The van der Waals surface area contributed by atoms with E-state index in [-0.39, 0.29) is 23.7 Å². The average Bonchev–Trinajstić information content (AvgIpc) is 3.01. The van der Waals surface area contributed by atoms with Crippen molar-refractivity contribution < 1.29 is 14.0 Å². The minimum atomic E-state index is -0.283. The summed E-state index contributed by atoms with van der Waals surface area (Å²) in [6.07, 6.45) is 3.11. The molecule has 0 aliphatic carbocycles. The van der Waals surface area contributed by atoms with Gasteiger partial charge in [0.1, 0.15) is 11.9 Å². The van der Waals surface area contributed by atoms with Gasteiger partial charge in [-0.25, -0.2) is 4.39 Å². The molecule has 31 heavy (non-hydrogen) atoms. The molecule has 2 aliphatic heterocycles. The van der Waals surface area contributed by atoms with E-state index in [0.717, 1.165) is 37.9 Å². The fraction of sp³-hybridized carbons (Fsp3) is 0.440. The summed E-state index contributed by atoms with van der Waals surface area (Å²) in [6, 6.07) is 16.2. The molecule has 0 bridgehead atoms. The van der Waals surface area contributed by atoms with Gasteiger partial charge in [0.25, 0.3) is 0 Å². The van der Waals surface area contributed by atoms with Gasteiger partial charge >= 0.3 is 0 Å². The van der Waals surface area contributed by atoms with Gasteiger partial charge in [0, 0.05) is 45.7 Å². The Morgan fingerprint density at radius 3 is 2.48 bits per heavy atom. The zero-order chi connectivity index (χ0) is 21.6. The number of nitrogens with zero attached hydrogens (tertiary/aromatic N) is 3. The van der Waals surface area contributed by atoms with E-state index in [0.29, 0.717) is 32.6 Å². The predicted molar refractivity (Wildman–Crippen MR) is 118 cm³/mol. The van der Waals surface area contributed by atoms with Gasteiger partial charge in [-0.15, -0.1) is 0 Å². The molecule has 2 aliphatic rings. The number of hydrogen-bond donors (Lipinski definition) is 0. The lowest BCUT2D eigenvalue weighted by molar-refractivity contribution is -0.144. The van der Waals surface area contributed by atoms with Gasteiger partial charge in [-0.1, -0.05) is 42.5 Å². The Morgan fingerprint density at radius 1 is 0.935 bits per heavy atom. The molecule has 6 heteroatoms. The number of amides is 2. The third-order valence-corrected chi connectivity index (χ3v) is 6.30. The smallest absolute Gasteiger partial charge is 0.242 e. The van der Waals surface area contributed by atoms with Crippen LogP contribution in [0.3, 0.4) is 0 Å².